The number of carbonyl (C=O) groups is 2. The Hall–Kier alpha value is -2.91. The first-order valence-corrected chi connectivity index (χ1v) is 11.9. The molecular formula is C26H30F3N3O3. The maximum absolute atomic E-state index is 12.8. The molecule has 1 saturated heterocycles. The van der Waals surface area contributed by atoms with E-state index < -0.39 is 23.2 Å². The van der Waals surface area contributed by atoms with Crippen molar-refractivity contribution >= 4 is 11.8 Å². The summed E-state index contributed by atoms with van der Waals surface area (Å²) in [6, 6.07) is 14.1. The molecule has 2 aromatic rings. The van der Waals surface area contributed by atoms with Gasteiger partial charge in [0.05, 0.1) is 17.7 Å². The monoisotopic (exact) mass is 489 g/mol. The van der Waals surface area contributed by atoms with Gasteiger partial charge in [0.2, 0.25) is 5.91 Å². The zero-order chi connectivity index (χ0) is 25.1. The average Bonchev–Trinajstić information content (AvgIpc) is 3.31. The number of hydrogen-bond donors (Lipinski definition) is 3. The lowest BCUT2D eigenvalue weighted by molar-refractivity contribution is -0.137. The highest BCUT2D eigenvalue weighted by Crippen LogP contribution is 2.39. The van der Waals surface area contributed by atoms with Crippen LogP contribution in [0.25, 0.3) is 0 Å². The van der Waals surface area contributed by atoms with Crippen molar-refractivity contribution in [3.05, 3.63) is 71.3 Å². The highest BCUT2D eigenvalue weighted by atomic mass is 19.4. The summed E-state index contributed by atoms with van der Waals surface area (Å²) < 4.78 is 38.5. The molecule has 1 atom stereocenters. The van der Waals surface area contributed by atoms with E-state index in [9.17, 15) is 27.9 Å². The molecule has 2 amide bonds. The number of rotatable bonds is 6. The molecule has 0 bridgehead atoms. The van der Waals surface area contributed by atoms with Gasteiger partial charge in [0.1, 0.15) is 0 Å². The van der Waals surface area contributed by atoms with Gasteiger partial charge in [-0.2, -0.15) is 13.2 Å². The summed E-state index contributed by atoms with van der Waals surface area (Å²) in [5.41, 5.74) is -0.890. The molecule has 9 heteroatoms. The van der Waals surface area contributed by atoms with Crippen molar-refractivity contribution in [1.29, 1.82) is 0 Å². The number of alkyl halides is 3. The summed E-state index contributed by atoms with van der Waals surface area (Å²) in [5, 5.41) is 16.3. The van der Waals surface area contributed by atoms with E-state index in [1.165, 1.54) is 6.07 Å². The quantitative estimate of drug-likeness (QED) is 0.581. The topological polar surface area (TPSA) is 81.7 Å². The number of nitrogens with zero attached hydrogens (tertiary/aromatic N) is 1. The van der Waals surface area contributed by atoms with Gasteiger partial charge in [0, 0.05) is 30.7 Å². The zero-order valence-corrected chi connectivity index (χ0v) is 19.4. The molecule has 0 radical (unpaired) electrons. The maximum atomic E-state index is 12.8. The normalized spacial score (nSPS) is 25.3. The number of halogens is 3. The molecule has 4 rings (SSSR count). The van der Waals surface area contributed by atoms with Crippen LogP contribution in [-0.2, 0) is 16.6 Å². The average molecular weight is 490 g/mol. The summed E-state index contributed by atoms with van der Waals surface area (Å²) in [6.45, 7) is 1.23. The van der Waals surface area contributed by atoms with Gasteiger partial charge >= 0.3 is 6.18 Å². The van der Waals surface area contributed by atoms with E-state index in [0.29, 0.717) is 25.4 Å². The zero-order valence-electron chi connectivity index (χ0n) is 19.4. The lowest BCUT2D eigenvalue weighted by Crippen LogP contribution is -2.45. The summed E-state index contributed by atoms with van der Waals surface area (Å²) in [4.78, 5) is 26.9. The van der Waals surface area contributed by atoms with Crippen LogP contribution >= 0.6 is 0 Å². The van der Waals surface area contributed by atoms with Gasteiger partial charge in [-0.3, -0.25) is 14.5 Å². The summed E-state index contributed by atoms with van der Waals surface area (Å²) >= 11 is 0. The van der Waals surface area contributed by atoms with Crippen LogP contribution in [0.1, 0.15) is 53.6 Å². The number of benzene rings is 2. The van der Waals surface area contributed by atoms with Gasteiger partial charge in [0.25, 0.3) is 5.91 Å². The van der Waals surface area contributed by atoms with Crippen LogP contribution in [0.5, 0.6) is 0 Å². The molecule has 2 fully saturated rings. The van der Waals surface area contributed by atoms with E-state index in [2.05, 4.69) is 15.5 Å². The molecule has 1 heterocycles. The van der Waals surface area contributed by atoms with Crippen molar-refractivity contribution in [2.75, 3.05) is 19.6 Å². The van der Waals surface area contributed by atoms with Crippen LogP contribution in [0.15, 0.2) is 54.6 Å². The molecule has 0 unspecified atom stereocenters. The fourth-order valence-corrected chi connectivity index (χ4v) is 5.10. The Morgan fingerprint density at radius 3 is 2.43 bits per heavy atom. The Labute approximate surface area is 202 Å². The second kappa shape index (κ2) is 10.4. The van der Waals surface area contributed by atoms with E-state index in [-0.39, 0.29) is 24.1 Å². The third-order valence-electron chi connectivity index (χ3n) is 7.06. The number of likely N-dealkylation sites (tertiary alicyclic amines) is 1. The van der Waals surface area contributed by atoms with Crippen LogP contribution in [0.4, 0.5) is 13.2 Å². The van der Waals surface area contributed by atoms with Gasteiger partial charge in [-0.05, 0) is 55.9 Å². The van der Waals surface area contributed by atoms with Gasteiger partial charge in [-0.15, -0.1) is 0 Å². The highest BCUT2D eigenvalue weighted by Gasteiger charge is 2.38. The third-order valence-corrected chi connectivity index (χ3v) is 7.06. The fourth-order valence-electron chi connectivity index (χ4n) is 5.10. The summed E-state index contributed by atoms with van der Waals surface area (Å²) in [7, 11) is 0. The lowest BCUT2D eigenvalue weighted by Gasteiger charge is -2.40. The van der Waals surface area contributed by atoms with Gasteiger partial charge in [0.15, 0.2) is 0 Å². The highest BCUT2D eigenvalue weighted by molar-refractivity contribution is 5.96. The SMILES string of the molecule is O=C(CNC(=O)c1cccc(C(F)(F)F)c1)N[C@@H]1CCN(C2CCC(O)(c3ccccc3)CC2)C1. The molecule has 2 aliphatic rings. The minimum absolute atomic E-state index is 0.0529. The van der Waals surface area contributed by atoms with E-state index >= 15 is 0 Å². The number of hydrogen-bond acceptors (Lipinski definition) is 4. The molecule has 6 nitrogen and oxygen atoms in total. The first-order chi connectivity index (χ1) is 16.6. The number of carbonyl (C=O) groups excluding carboxylic acids is 2. The molecule has 1 aliphatic heterocycles. The van der Waals surface area contributed by atoms with Gasteiger partial charge in [-0.25, -0.2) is 0 Å². The summed E-state index contributed by atoms with van der Waals surface area (Å²) in [5.74, 6) is -1.10. The van der Waals surface area contributed by atoms with E-state index in [1.807, 2.05) is 30.3 Å². The van der Waals surface area contributed by atoms with Crippen molar-refractivity contribution in [3.8, 4) is 0 Å². The Bertz CT molecular complexity index is 1040. The fraction of sp³-hybridized carbons (Fsp3) is 0.462. The van der Waals surface area contributed by atoms with Crippen molar-refractivity contribution in [1.82, 2.24) is 15.5 Å². The van der Waals surface area contributed by atoms with Crippen LogP contribution < -0.4 is 10.6 Å². The number of aliphatic hydroxyl groups is 1. The van der Waals surface area contributed by atoms with Crippen LogP contribution in [0.3, 0.4) is 0 Å². The second-order valence-corrected chi connectivity index (χ2v) is 9.44. The van der Waals surface area contributed by atoms with Crippen molar-refractivity contribution in [2.24, 2.45) is 0 Å². The minimum atomic E-state index is -4.54. The van der Waals surface area contributed by atoms with E-state index in [1.54, 1.807) is 0 Å². The molecule has 3 N–H and O–H groups in total. The Kier molecular flexibility index (Phi) is 7.47. The number of nitrogens with one attached hydrogen (secondary N) is 2. The lowest BCUT2D eigenvalue weighted by atomic mass is 9.77. The van der Waals surface area contributed by atoms with Gasteiger partial charge in [-0.1, -0.05) is 36.4 Å². The Morgan fingerprint density at radius 1 is 1.03 bits per heavy atom. The van der Waals surface area contributed by atoms with Gasteiger partial charge < -0.3 is 15.7 Å². The molecular weight excluding hydrogens is 459 g/mol. The molecule has 35 heavy (non-hydrogen) atoms. The second-order valence-electron chi connectivity index (χ2n) is 9.44. The molecule has 1 saturated carbocycles. The largest absolute Gasteiger partial charge is 0.416 e. The molecule has 0 spiro atoms. The molecule has 0 aromatic heterocycles. The molecule has 2 aromatic carbocycles. The first kappa shape index (κ1) is 25.2. The Balaban J connectivity index is 1.21. The van der Waals surface area contributed by atoms with Crippen molar-refractivity contribution < 1.29 is 27.9 Å². The minimum Gasteiger partial charge on any atom is -0.385 e. The van der Waals surface area contributed by atoms with Crippen LogP contribution in [0, 0.1) is 0 Å². The Morgan fingerprint density at radius 2 is 1.74 bits per heavy atom. The standard InChI is InChI=1S/C26H30F3N3O3/c27-26(28,29)20-8-4-5-18(15-20)24(34)30-16-23(33)31-21-11-14-32(17-21)22-9-12-25(35,13-10-22)19-6-2-1-3-7-19/h1-8,15,21-22,35H,9-14,16-17H2,(H,30,34)(H,31,33)/t21-,22?,25?/m1/s1. The van der Waals surface area contributed by atoms with Crippen molar-refractivity contribution in [2.45, 2.75) is 56.0 Å². The maximum Gasteiger partial charge on any atom is 0.416 e. The van der Waals surface area contributed by atoms with E-state index in [0.717, 1.165) is 49.6 Å². The first-order valence-electron chi connectivity index (χ1n) is 11.9. The third kappa shape index (κ3) is 6.21. The predicted octanol–water partition coefficient (Wildman–Crippen LogP) is 3.46. The molecule has 188 valence electrons. The van der Waals surface area contributed by atoms with Crippen molar-refractivity contribution in [3.63, 3.8) is 0 Å². The summed E-state index contributed by atoms with van der Waals surface area (Å²) in [6.07, 6.45) is -0.626. The predicted molar refractivity (Wildman–Crippen MR) is 124 cm³/mol. The van der Waals surface area contributed by atoms with E-state index in [4.69, 9.17) is 0 Å². The van der Waals surface area contributed by atoms with Crippen LogP contribution in [-0.4, -0.2) is 53.5 Å². The number of amides is 2. The smallest absolute Gasteiger partial charge is 0.385 e. The van der Waals surface area contributed by atoms with Crippen LogP contribution in [0.2, 0.25) is 0 Å². The molecule has 1 aliphatic carbocycles.